The summed E-state index contributed by atoms with van der Waals surface area (Å²) in [6.07, 6.45) is 1.32. The highest BCUT2D eigenvalue weighted by molar-refractivity contribution is 4.95. The van der Waals surface area contributed by atoms with Crippen molar-refractivity contribution in [3.05, 3.63) is 0 Å². The summed E-state index contributed by atoms with van der Waals surface area (Å²) in [5.74, 6) is 0.919. The maximum atomic E-state index is 3.39. The highest BCUT2D eigenvalue weighted by Crippen LogP contribution is 2.27. The Bertz CT molecular complexity index is 84.4. The van der Waals surface area contributed by atoms with Gasteiger partial charge in [-0.15, -0.1) is 0 Å². The largest absolute Gasteiger partial charge is 0.311 e. The minimum Gasteiger partial charge on any atom is -0.311 e. The molecule has 0 spiro atoms. The van der Waals surface area contributed by atoms with Gasteiger partial charge < -0.3 is 5.32 Å². The summed E-state index contributed by atoms with van der Waals surface area (Å²) in [4.78, 5) is 0. The summed E-state index contributed by atoms with van der Waals surface area (Å²) in [6, 6.07) is 0. The van der Waals surface area contributed by atoms with E-state index in [1.54, 1.807) is 0 Å². The van der Waals surface area contributed by atoms with E-state index in [9.17, 15) is 0 Å². The van der Waals surface area contributed by atoms with Gasteiger partial charge in [0.25, 0.3) is 0 Å². The molecule has 1 heteroatoms. The summed E-state index contributed by atoms with van der Waals surface area (Å²) in [7, 11) is 0. The quantitative estimate of drug-likeness (QED) is 0.542. The average Bonchev–Trinajstić information content (AvgIpc) is 1.66. The second-order valence-corrected chi connectivity index (χ2v) is 3.21. The van der Waals surface area contributed by atoms with Crippen molar-refractivity contribution >= 4 is 0 Å². The van der Waals surface area contributed by atoms with Crippen LogP contribution >= 0.6 is 0 Å². The number of nitrogens with one attached hydrogen (secondary N) is 1. The molecule has 1 atom stereocenters. The topological polar surface area (TPSA) is 12.0 Å². The SMILES string of the molecule is CCC1CNC1(C)C. The van der Waals surface area contributed by atoms with Gasteiger partial charge in [0.1, 0.15) is 0 Å². The van der Waals surface area contributed by atoms with E-state index in [1.807, 2.05) is 0 Å². The molecule has 1 nitrogen and oxygen atoms in total. The summed E-state index contributed by atoms with van der Waals surface area (Å²) >= 11 is 0. The molecule has 0 radical (unpaired) electrons. The Morgan fingerprint density at radius 1 is 1.62 bits per heavy atom. The van der Waals surface area contributed by atoms with E-state index >= 15 is 0 Å². The lowest BCUT2D eigenvalue weighted by Gasteiger charge is -2.45. The molecule has 0 bridgehead atoms. The summed E-state index contributed by atoms with van der Waals surface area (Å²) in [6.45, 7) is 8.02. The fourth-order valence-corrected chi connectivity index (χ4v) is 1.31. The molecule has 0 aromatic heterocycles. The van der Waals surface area contributed by atoms with Crippen molar-refractivity contribution in [2.24, 2.45) is 5.92 Å². The Morgan fingerprint density at radius 2 is 2.25 bits per heavy atom. The smallest absolute Gasteiger partial charge is 0.0165 e. The molecule has 0 aliphatic carbocycles. The normalized spacial score (nSPS) is 34.1. The maximum Gasteiger partial charge on any atom is 0.0165 e. The van der Waals surface area contributed by atoms with E-state index in [4.69, 9.17) is 0 Å². The fraction of sp³-hybridized carbons (Fsp3) is 1.00. The molecular formula is C7H15N. The third-order valence-electron chi connectivity index (χ3n) is 2.32. The van der Waals surface area contributed by atoms with Gasteiger partial charge in [-0.05, 0) is 19.8 Å². The lowest BCUT2D eigenvalue weighted by molar-refractivity contribution is 0.135. The van der Waals surface area contributed by atoms with Crippen LogP contribution in [0.5, 0.6) is 0 Å². The van der Waals surface area contributed by atoms with Crippen LogP contribution in [0.4, 0.5) is 0 Å². The zero-order chi connectivity index (χ0) is 6.20. The molecule has 1 N–H and O–H groups in total. The van der Waals surface area contributed by atoms with Crippen molar-refractivity contribution in [1.29, 1.82) is 0 Å². The molecule has 48 valence electrons. The molecular weight excluding hydrogens is 98.1 g/mol. The molecule has 0 amide bonds. The molecule has 1 unspecified atom stereocenters. The van der Waals surface area contributed by atoms with Gasteiger partial charge in [-0.1, -0.05) is 13.3 Å². The molecule has 0 aromatic carbocycles. The fourth-order valence-electron chi connectivity index (χ4n) is 1.31. The average molecular weight is 113 g/mol. The van der Waals surface area contributed by atoms with Gasteiger partial charge >= 0.3 is 0 Å². The first-order valence-electron chi connectivity index (χ1n) is 3.42. The Labute approximate surface area is 51.5 Å². The molecule has 1 aliphatic heterocycles. The highest BCUT2D eigenvalue weighted by atomic mass is 15.1. The predicted octanol–water partition coefficient (Wildman–Crippen LogP) is 1.39. The van der Waals surface area contributed by atoms with Crippen LogP contribution in [0.15, 0.2) is 0 Å². The second kappa shape index (κ2) is 1.73. The van der Waals surface area contributed by atoms with Gasteiger partial charge in [-0.25, -0.2) is 0 Å². The predicted molar refractivity (Wildman–Crippen MR) is 35.9 cm³/mol. The van der Waals surface area contributed by atoms with Crippen molar-refractivity contribution in [3.8, 4) is 0 Å². The van der Waals surface area contributed by atoms with E-state index in [0.29, 0.717) is 5.54 Å². The molecule has 1 aliphatic rings. The lowest BCUT2D eigenvalue weighted by atomic mass is 9.78. The van der Waals surface area contributed by atoms with Crippen LogP contribution in [0.3, 0.4) is 0 Å². The molecule has 1 rings (SSSR count). The van der Waals surface area contributed by atoms with Crippen LogP contribution < -0.4 is 5.32 Å². The zero-order valence-electron chi connectivity index (χ0n) is 5.99. The molecule has 0 aromatic rings. The first-order chi connectivity index (χ1) is 3.67. The first kappa shape index (κ1) is 6.09. The van der Waals surface area contributed by atoms with Crippen LogP contribution in [-0.4, -0.2) is 12.1 Å². The Balaban J connectivity index is 2.37. The van der Waals surface area contributed by atoms with Crippen LogP contribution in [0, 0.1) is 5.92 Å². The molecule has 0 saturated carbocycles. The third kappa shape index (κ3) is 0.752. The van der Waals surface area contributed by atoms with Gasteiger partial charge in [0.05, 0.1) is 0 Å². The summed E-state index contributed by atoms with van der Waals surface area (Å²) < 4.78 is 0. The monoisotopic (exact) mass is 113 g/mol. The van der Waals surface area contributed by atoms with Gasteiger partial charge in [0.2, 0.25) is 0 Å². The van der Waals surface area contributed by atoms with Gasteiger partial charge in [-0.2, -0.15) is 0 Å². The highest BCUT2D eigenvalue weighted by Gasteiger charge is 2.35. The third-order valence-corrected chi connectivity index (χ3v) is 2.32. The van der Waals surface area contributed by atoms with Crippen molar-refractivity contribution in [2.45, 2.75) is 32.7 Å². The maximum absolute atomic E-state index is 3.39. The molecule has 1 saturated heterocycles. The van der Waals surface area contributed by atoms with E-state index < -0.39 is 0 Å². The van der Waals surface area contributed by atoms with Crippen LogP contribution in [0.1, 0.15) is 27.2 Å². The van der Waals surface area contributed by atoms with Crippen molar-refractivity contribution < 1.29 is 0 Å². The van der Waals surface area contributed by atoms with Crippen LogP contribution in [0.25, 0.3) is 0 Å². The number of rotatable bonds is 1. The summed E-state index contributed by atoms with van der Waals surface area (Å²) in [5.41, 5.74) is 0.439. The molecule has 1 fully saturated rings. The van der Waals surface area contributed by atoms with E-state index in [-0.39, 0.29) is 0 Å². The van der Waals surface area contributed by atoms with E-state index in [1.165, 1.54) is 13.0 Å². The molecule has 8 heavy (non-hydrogen) atoms. The summed E-state index contributed by atoms with van der Waals surface area (Å²) in [5, 5.41) is 3.39. The number of hydrogen-bond acceptors (Lipinski definition) is 1. The lowest BCUT2D eigenvalue weighted by Crippen LogP contribution is -2.60. The second-order valence-electron chi connectivity index (χ2n) is 3.21. The Kier molecular flexibility index (Phi) is 1.31. The minimum absolute atomic E-state index is 0.439. The van der Waals surface area contributed by atoms with Gasteiger partial charge in [0, 0.05) is 12.1 Å². The standard InChI is InChI=1S/C7H15N/c1-4-6-5-8-7(6,2)3/h6,8H,4-5H2,1-3H3. The van der Waals surface area contributed by atoms with Gasteiger partial charge in [-0.3, -0.25) is 0 Å². The Hall–Kier alpha value is -0.0400. The van der Waals surface area contributed by atoms with E-state index in [0.717, 1.165) is 5.92 Å². The minimum atomic E-state index is 0.439. The zero-order valence-corrected chi connectivity index (χ0v) is 5.99. The van der Waals surface area contributed by atoms with Crippen LogP contribution in [-0.2, 0) is 0 Å². The molecule has 1 heterocycles. The van der Waals surface area contributed by atoms with Crippen molar-refractivity contribution in [2.75, 3.05) is 6.54 Å². The van der Waals surface area contributed by atoms with Gasteiger partial charge in [0.15, 0.2) is 0 Å². The number of hydrogen-bond donors (Lipinski definition) is 1. The van der Waals surface area contributed by atoms with Crippen molar-refractivity contribution in [3.63, 3.8) is 0 Å². The van der Waals surface area contributed by atoms with Crippen molar-refractivity contribution in [1.82, 2.24) is 5.32 Å². The Morgan fingerprint density at radius 3 is 2.25 bits per heavy atom. The first-order valence-corrected chi connectivity index (χ1v) is 3.42. The van der Waals surface area contributed by atoms with Crippen LogP contribution in [0.2, 0.25) is 0 Å². The van der Waals surface area contributed by atoms with E-state index in [2.05, 4.69) is 26.1 Å².